The molecule has 0 unspecified atom stereocenters. The quantitative estimate of drug-likeness (QED) is 0.402. The number of fused-ring (bicyclic) bond motifs is 1. The molecule has 4 amide bonds. The van der Waals surface area contributed by atoms with E-state index in [0.29, 0.717) is 17.1 Å². The molecule has 1 aromatic heterocycles. The Morgan fingerprint density at radius 1 is 1.22 bits per heavy atom. The van der Waals surface area contributed by atoms with Crippen LogP contribution in [0.1, 0.15) is 40.4 Å². The zero-order valence-electron chi connectivity index (χ0n) is 23.7. The van der Waals surface area contributed by atoms with Crippen LogP contribution in [-0.4, -0.2) is 81.4 Å². The lowest BCUT2D eigenvalue weighted by molar-refractivity contribution is 0.0372. The van der Waals surface area contributed by atoms with E-state index in [1.54, 1.807) is 57.1 Å². The predicted molar refractivity (Wildman–Crippen MR) is 152 cm³/mol. The zero-order valence-corrected chi connectivity index (χ0v) is 23.7. The number of hydrogen-bond acceptors (Lipinski definition) is 6. The molecule has 12 heteroatoms. The first-order valence-corrected chi connectivity index (χ1v) is 13.3. The van der Waals surface area contributed by atoms with E-state index in [1.165, 1.54) is 33.8 Å². The fourth-order valence-corrected chi connectivity index (χ4v) is 4.67. The van der Waals surface area contributed by atoms with Gasteiger partial charge in [0.1, 0.15) is 17.6 Å². The molecule has 3 N–H and O–H groups in total. The summed E-state index contributed by atoms with van der Waals surface area (Å²) in [5.74, 6) is -1.29. The molecule has 3 atom stereocenters. The number of amides is 4. The maximum absolute atomic E-state index is 13.7. The minimum absolute atomic E-state index is 0.131. The van der Waals surface area contributed by atoms with Crippen molar-refractivity contribution in [3.8, 4) is 5.75 Å². The average Bonchev–Trinajstić information content (AvgIpc) is 3.29. The lowest BCUT2D eigenvalue weighted by atomic mass is 9.99. The highest BCUT2D eigenvalue weighted by molar-refractivity contribution is 6.06. The molecule has 218 valence electrons. The Bertz CT molecular complexity index is 1430. The Kier molecular flexibility index (Phi) is 8.92. The highest BCUT2D eigenvalue weighted by Crippen LogP contribution is 2.35. The summed E-state index contributed by atoms with van der Waals surface area (Å²) in [6.45, 7) is 5.58. The van der Waals surface area contributed by atoms with Crippen molar-refractivity contribution >= 4 is 29.2 Å². The third-order valence-corrected chi connectivity index (χ3v) is 7.07. The van der Waals surface area contributed by atoms with Gasteiger partial charge in [-0.3, -0.25) is 14.3 Å². The minimum Gasteiger partial charge on any atom is -0.485 e. The third kappa shape index (κ3) is 6.65. The van der Waals surface area contributed by atoms with Gasteiger partial charge in [0.15, 0.2) is 5.75 Å². The van der Waals surface area contributed by atoms with Crippen LogP contribution < -0.4 is 15.4 Å². The number of carbonyl (C=O) groups is 3. The first-order valence-electron chi connectivity index (χ1n) is 13.3. The summed E-state index contributed by atoms with van der Waals surface area (Å²) in [5.41, 5.74) is 1.95. The van der Waals surface area contributed by atoms with Gasteiger partial charge in [0.2, 0.25) is 0 Å². The van der Waals surface area contributed by atoms with Crippen molar-refractivity contribution < 1.29 is 28.6 Å². The molecule has 0 saturated carbocycles. The highest BCUT2D eigenvalue weighted by Gasteiger charge is 2.35. The first kappa shape index (κ1) is 29.5. The van der Waals surface area contributed by atoms with Crippen molar-refractivity contribution in [1.29, 1.82) is 0 Å². The van der Waals surface area contributed by atoms with Crippen LogP contribution in [0, 0.1) is 18.7 Å². The summed E-state index contributed by atoms with van der Waals surface area (Å²) in [7, 11) is 3.27. The van der Waals surface area contributed by atoms with Crippen molar-refractivity contribution in [1.82, 2.24) is 19.6 Å². The Balaban J connectivity index is 1.65. The number of nitrogens with one attached hydrogen (secondary N) is 2. The largest absolute Gasteiger partial charge is 0.485 e. The molecule has 3 aromatic rings. The van der Waals surface area contributed by atoms with Crippen LogP contribution >= 0.6 is 0 Å². The Hall–Kier alpha value is -4.45. The third-order valence-electron chi connectivity index (χ3n) is 7.07. The second-order valence-electron chi connectivity index (χ2n) is 10.4. The number of benzene rings is 2. The van der Waals surface area contributed by atoms with E-state index in [-0.39, 0.29) is 48.5 Å². The van der Waals surface area contributed by atoms with Gasteiger partial charge in [-0.2, -0.15) is 5.10 Å². The number of aromatic nitrogens is 2. The number of para-hydroxylation sites is 1. The number of halogens is 1. The van der Waals surface area contributed by atoms with E-state index in [0.717, 1.165) is 0 Å². The molecular weight excluding hydrogens is 531 g/mol. The fraction of sp³-hybridized carbons (Fsp3) is 0.379. The summed E-state index contributed by atoms with van der Waals surface area (Å²) in [5, 5.41) is 19.7. The van der Waals surface area contributed by atoms with Gasteiger partial charge in [0, 0.05) is 32.2 Å². The van der Waals surface area contributed by atoms with Crippen molar-refractivity contribution in [2.75, 3.05) is 37.4 Å². The van der Waals surface area contributed by atoms with Gasteiger partial charge < -0.3 is 30.3 Å². The maximum atomic E-state index is 13.7. The molecule has 1 aliphatic heterocycles. The van der Waals surface area contributed by atoms with Crippen LogP contribution in [0.3, 0.4) is 0 Å². The number of aryl methyl sites for hydroxylation is 2. The van der Waals surface area contributed by atoms with E-state index < -0.39 is 29.9 Å². The van der Waals surface area contributed by atoms with Gasteiger partial charge in [-0.15, -0.1) is 0 Å². The summed E-state index contributed by atoms with van der Waals surface area (Å²) in [4.78, 5) is 42.8. The van der Waals surface area contributed by atoms with E-state index in [2.05, 4.69) is 15.7 Å². The number of anilines is 2. The summed E-state index contributed by atoms with van der Waals surface area (Å²) in [6, 6.07) is 11.1. The number of ether oxygens (including phenoxy) is 1. The van der Waals surface area contributed by atoms with Crippen LogP contribution in [-0.2, 0) is 7.05 Å². The van der Waals surface area contributed by atoms with Crippen LogP contribution in [0.2, 0.25) is 0 Å². The molecule has 4 rings (SSSR count). The van der Waals surface area contributed by atoms with E-state index in [1.807, 2.05) is 6.92 Å². The Morgan fingerprint density at radius 3 is 2.56 bits per heavy atom. The molecule has 0 bridgehead atoms. The minimum atomic E-state index is -0.601. The first-order chi connectivity index (χ1) is 19.5. The molecule has 2 aromatic carbocycles. The molecule has 0 fully saturated rings. The number of urea groups is 1. The van der Waals surface area contributed by atoms with Gasteiger partial charge in [-0.05, 0) is 56.3 Å². The van der Waals surface area contributed by atoms with Crippen LogP contribution in [0.15, 0.2) is 48.5 Å². The van der Waals surface area contributed by atoms with Gasteiger partial charge in [0.25, 0.3) is 11.8 Å². The number of aliphatic hydroxyl groups excluding tert-OH is 1. The molecule has 11 nitrogen and oxygen atoms in total. The number of hydrogen-bond donors (Lipinski definition) is 3. The number of carbonyl (C=O) groups excluding carboxylic acids is 3. The van der Waals surface area contributed by atoms with Gasteiger partial charge in [-0.25, -0.2) is 9.18 Å². The van der Waals surface area contributed by atoms with Crippen molar-refractivity contribution in [3.05, 3.63) is 71.3 Å². The highest BCUT2D eigenvalue weighted by atomic mass is 19.1. The van der Waals surface area contributed by atoms with Crippen LogP contribution in [0.5, 0.6) is 5.75 Å². The average molecular weight is 567 g/mol. The molecule has 0 spiro atoms. The Labute approximate surface area is 237 Å². The van der Waals surface area contributed by atoms with Crippen molar-refractivity contribution in [2.24, 2.45) is 13.0 Å². The molecule has 0 radical (unpaired) electrons. The van der Waals surface area contributed by atoms with Gasteiger partial charge in [-0.1, -0.05) is 13.0 Å². The number of aliphatic hydroxyl groups is 1. The van der Waals surface area contributed by atoms with Crippen molar-refractivity contribution in [3.63, 3.8) is 0 Å². The lowest BCUT2D eigenvalue weighted by Gasteiger charge is -2.38. The standard InChI is InChI=1S/C29H35FN6O5/c1-17-14-36(19(3)16-37)28(39)22-7-6-8-23(32-27(38)24-13-18(2)33-35(24)5)26(22)41-25(17)15-34(4)29(40)31-21-11-9-20(30)10-12-21/h6-13,17,19,25,37H,14-16H2,1-5H3,(H,31,40)(H,32,38)/t17-,19+,25+/m0/s1. The molecule has 2 heterocycles. The SMILES string of the molecule is Cc1cc(C(=O)Nc2cccc3c2O[C@H](CN(C)C(=O)Nc2ccc(F)cc2)[C@@H](C)CN([C@H](C)CO)C3=O)n(C)n1. The van der Waals surface area contributed by atoms with Crippen molar-refractivity contribution in [2.45, 2.75) is 32.9 Å². The van der Waals surface area contributed by atoms with Gasteiger partial charge >= 0.3 is 6.03 Å². The van der Waals surface area contributed by atoms with Crippen LogP contribution in [0.25, 0.3) is 0 Å². The van der Waals surface area contributed by atoms with E-state index in [4.69, 9.17) is 4.74 Å². The topological polar surface area (TPSA) is 129 Å². The smallest absolute Gasteiger partial charge is 0.321 e. The summed E-state index contributed by atoms with van der Waals surface area (Å²) in [6.07, 6.45) is -0.601. The maximum Gasteiger partial charge on any atom is 0.321 e. The van der Waals surface area contributed by atoms with E-state index in [9.17, 15) is 23.9 Å². The normalized spacial score (nSPS) is 17.5. The second-order valence-corrected chi connectivity index (χ2v) is 10.4. The summed E-state index contributed by atoms with van der Waals surface area (Å²) < 4.78 is 21.2. The molecule has 1 aliphatic rings. The predicted octanol–water partition coefficient (Wildman–Crippen LogP) is 3.50. The Morgan fingerprint density at radius 2 is 1.93 bits per heavy atom. The zero-order chi connectivity index (χ0) is 29.8. The lowest BCUT2D eigenvalue weighted by Crippen LogP contribution is -2.50. The molecule has 0 saturated heterocycles. The fourth-order valence-electron chi connectivity index (χ4n) is 4.67. The number of likely N-dealkylation sites (N-methyl/N-ethyl adjacent to an activating group) is 1. The van der Waals surface area contributed by atoms with Gasteiger partial charge in [0.05, 0.1) is 36.1 Å². The summed E-state index contributed by atoms with van der Waals surface area (Å²) >= 11 is 0. The monoisotopic (exact) mass is 566 g/mol. The number of nitrogens with zero attached hydrogens (tertiary/aromatic N) is 4. The van der Waals surface area contributed by atoms with Crippen LogP contribution in [0.4, 0.5) is 20.6 Å². The second kappa shape index (κ2) is 12.4. The molecular formula is C29H35FN6O5. The molecule has 0 aliphatic carbocycles. The number of rotatable bonds is 7. The van der Waals surface area contributed by atoms with E-state index >= 15 is 0 Å². The molecule has 41 heavy (non-hydrogen) atoms.